The Hall–Kier alpha value is -2.77. The number of amides is 1. The zero-order chi connectivity index (χ0) is 19.6. The summed E-state index contributed by atoms with van der Waals surface area (Å²) in [7, 11) is 0. The zero-order valence-corrected chi connectivity index (χ0v) is 15.5. The van der Waals surface area contributed by atoms with Crippen LogP contribution in [-0.2, 0) is 17.8 Å². The lowest BCUT2D eigenvalue weighted by atomic mass is 10.1. The Morgan fingerprint density at radius 1 is 1.37 bits per heavy atom. The molecule has 0 aliphatic carbocycles. The molecule has 3 heterocycles. The third kappa shape index (κ3) is 4.32. The van der Waals surface area contributed by atoms with E-state index in [1.165, 1.54) is 10.7 Å². The summed E-state index contributed by atoms with van der Waals surface area (Å²) in [6.45, 7) is 5.12. The van der Waals surface area contributed by atoms with Crippen LogP contribution < -0.4 is 5.32 Å². The number of nitrogens with zero attached hydrogens (tertiary/aromatic N) is 3. The van der Waals surface area contributed by atoms with Crippen molar-refractivity contribution < 1.29 is 18.0 Å². The molecule has 144 valence electrons. The minimum absolute atomic E-state index is 0.0585. The van der Waals surface area contributed by atoms with Gasteiger partial charge in [0.1, 0.15) is 12.3 Å². The van der Waals surface area contributed by atoms with E-state index in [0.29, 0.717) is 22.4 Å². The van der Waals surface area contributed by atoms with E-state index in [1.54, 1.807) is 20.1 Å². The number of hydrogen-bond donors (Lipinski definition) is 1. The van der Waals surface area contributed by atoms with E-state index in [1.807, 2.05) is 19.1 Å². The lowest BCUT2D eigenvalue weighted by Gasteiger charge is -2.13. The van der Waals surface area contributed by atoms with Gasteiger partial charge in [-0.15, -0.1) is 0 Å². The highest BCUT2D eigenvalue weighted by Crippen LogP contribution is 2.29. The number of fused-ring (bicyclic) bond motifs is 1. The SMILES string of the molecule is Cc1cc(C(F)F)c2c(C)nn(CC(=O)NC(C)CCc3ccco3)c2n1. The van der Waals surface area contributed by atoms with Gasteiger partial charge in [0.05, 0.1) is 17.3 Å². The normalized spacial score (nSPS) is 12.7. The first-order chi connectivity index (χ1) is 12.8. The van der Waals surface area contributed by atoms with Crippen LogP contribution in [-0.4, -0.2) is 26.7 Å². The molecule has 0 bridgehead atoms. The lowest BCUT2D eigenvalue weighted by molar-refractivity contribution is -0.122. The summed E-state index contributed by atoms with van der Waals surface area (Å²) >= 11 is 0. The van der Waals surface area contributed by atoms with Gasteiger partial charge in [0.25, 0.3) is 6.43 Å². The monoisotopic (exact) mass is 376 g/mol. The molecule has 0 aromatic carbocycles. The van der Waals surface area contributed by atoms with Crippen LogP contribution >= 0.6 is 0 Å². The second-order valence-corrected chi connectivity index (χ2v) is 6.68. The van der Waals surface area contributed by atoms with Crippen molar-refractivity contribution in [1.82, 2.24) is 20.1 Å². The second-order valence-electron chi connectivity index (χ2n) is 6.68. The summed E-state index contributed by atoms with van der Waals surface area (Å²) in [4.78, 5) is 16.7. The summed E-state index contributed by atoms with van der Waals surface area (Å²) in [6, 6.07) is 5.02. The summed E-state index contributed by atoms with van der Waals surface area (Å²) in [6.07, 6.45) is 0.440. The van der Waals surface area contributed by atoms with E-state index in [0.717, 1.165) is 18.6 Å². The summed E-state index contributed by atoms with van der Waals surface area (Å²) in [5.41, 5.74) is 1.10. The molecule has 27 heavy (non-hydrogen) atoms. The molecule has 3 aromatic heterocycles. The van der Waals surface area contributed by atoms with E-state index < -0.39 is 6.43 Å². The van der Waals surface area contributed by atoms with Gasteiger partial charge in [0.15, 0.2) is 5.65 Å². The third-order valence-corrected chi connectivity index (χ3v) is 4.38. The number of rotatable bonds is 7. The molecule has 1 unspecified atom stereocenters. The van der Waals surface area contributed by atoms with E-state index in [9.17, 15) is 13.6 Å². The molecule has 3 rings (SSSR count). The standard InChI is InChI=1S/C19H22F2N4O2/c1-11(6-7-14-5-4-8-27-14)22-16(26)10-25-19-17(13(3)24-25)15(18(20)21)9-12(2)23-19/h4-5,8-9,11,18H,6-7,10H2,1-3H3,(H,22,26). The molecule has 0 aliphatic heterocycles. The number of aromatic nitrogens is 3. The Bertz CT molecular complexity index is 935. The molecule has 1 atom stereocenters. The summed E-state index contributed by atoms with van der Waals surface area (Å²) in [5, 5.41) is 7.47. The highest BCUT2D eigenvalue weighted by Gasteiger charge is 2.21. The molecular formula is C19H22F2N4O2. The predicted octanol–water partition coefficient (Wildman–Crippen LogP) is 3.72. The smallest absolute Gasteiger partial charge is 0.264 e. The lowest BCUT2D eigenvalue weighted by Crippen LogP contribution is -2.35. The van der Waals surface area contributed by atoms with Gasteiger partial charge in [-0.25, -0.2) is 18.4 Å². The van der Waals surface area contributed by atoms with Crippen LogP contribution in [0.4, 0.5) is 8.78 Å². The molecule has 0 fully saturated rings. The molecule has 0 radical (unpaired) electrons. The largest absolute Gasteiger partial charge is 0.469 e. The quantitative estimate of drug-likeness (QED) is 0.682. The van der Waals surface area contributed by atoms with E-state index >= 15 is 0 Å². The average molecular weight is 376 g/mol. The third-order valence-electron chi connectivity index (χ3n) is 4.38. The number of furan rings is 1. The van der Waals surface area contributed by atoms with Gasteiger partial charge in [-0.3, -0.25) is 4.79 Å². The van der Waals surface area contributed by atoms with Crippen LogP contribution in [0.3, 0.4) is 0 Å². The Balaban J connectivity index is 1.71. The number of aryl methyl sites for hydroxylation is 3. The van der Waals surface area contributed by atoms with Gasteiger partial charge in [-0.2, -0.15) is 5.10 Å². The maximum absolute atomic E-state index is 13.4. The van der Waals surface area contributed by atoms with E-state index in [-0.39, 0.29) is 24.1 Å². The van der Waals surface area contributed by atoms with Crippen molar-refractivity contribution in [2.75, 3.05) is 0 Å². The first kappa shape index (κ1) is 19.0. The number of nitrogens with one attached hydrogen (secondary N) is 1. The van der Waals surface area contributed by atoms with Crippen molar-refractivity contribution in [3.63, 3.8) is 0 Å². The first-order valence-electron chi connectivity index (χ1n) is 8.79. The Morgan fingerprint density at radius 3 is 2.81 bits per heavy atom. The minimum Gasteiger partial charge on any atom is -0.469 e. The molecule has 8 heteroatoms. The number of halogens is 2. The van der Waals surface area contributed by atoms with Crippen LogP contribution in [0.15, 0.2) is 28.9 Å². The molecule has 3 aromatic rings. The predicted molar refractivity (Wildman–Crippen MR) is 96.6 cm³/mol. The van der Waals surface area contributed by atoms with Gasteiger partial charge in [0, 0.05) is 23.7 Å². The number of pyridine rings is 1. The van der Waals surface area contributed by atoms with Crippen molar-refractivity contribution in [2.45, 2.75) is 52.6 Å². The van der Waals surface area contributed by atoms with Gasteiger partial charge in [-0.05, 0) is 45.4 Å². The Morgan fingerprint density at radius 2 is 2.15 bits per heavy atom. The fourth-order valence-electron chi connectivity index (χ4n) is 3.14. The Labute approximate surface area is 155 Å². The van der Waals surface area contributed by atoms with Crippen LogP contribution in [0.25, 0.3) is 11.0 Å². The molecule has 1 amide bonds. The molecule has 6 nitrogen and oxygen atoms in total. The minimum atomic E-state index is -2.62. The van der Waals surface area contributed by atoms with Crippen LogP contribution in [0.5, 0.6) is 0 Å². The highest BCUT2D eigenvalue weighted by atomic mass is 19.3. The molecule has 0 saturated carbocycles. The number of hydrogen-bond acceptors (Lipinski definition) is 4. The van der Waals surface area contributed by atoms with Gasteiger partial charge < -0.3 is 9.73 Å². The van der Waals surface area contributed by atoms with Crippen LogP contribution in [0.2, 0.25) is 0 Å². The number of alkyl halides is 2. The molecule has 1 N–H and O–H groups in total. The fraction of sp³-hybridized carbons (Fsp3) is 0.421. The fourth-order valence-corrected chi connectivity index (χ4v) is 3.14. The highest BCUT2D eigenvalue weighted by molar-refractivity contribution is 5.84. The van der Waals surface area contributed by atoms with Gasteiger partial charge in [-0.1, -0.05) is 0 Å². The van der Waals surface area contributed by atoms with E-state index in [2.05, 4.69) is 15.4 Å². The molecule has 0 saturated heterocycles. The van der Waals surface area contributed by atoms with Crippen LogP contribution in [0.1, 0.15) is 42.5 Å². The second kappa shape index (κ2) is 7.85. The summed E-state index contributed by atoms with van der Waals surface area (Å²) in [5.74, 6) is 0.622. The van der Waals surface area contributed by atoms with Crippen molar-refractivity contribution >= 4 is 16.9 Å². The summed E-state index contributed by atoms with van der Waals surface area (Å²) < 4.78 is 33.4. The van der Waals surface area contributed by atoms with Gasteiger partial charge in [0.2, 0.25) is 5.91 Å². The van der Waals surface area contributed by atoms with Gasteiger partial charge >= 0.3 is 0 Å². The number of carbonyl (C=O) groups is 1. The van der Waals surface area contributed by atoms with Crippen LogP contribution in [0, 0.1) is 13.8 Å². The molecule has 0 aliphatic rings. The molecule has 0 spiro atoms. The maximum Gasteiger partial charge on any atom is 0.264 e. The maximum atomic E-state index is 13.4. The topological polar surface area (TPSA) is 73.0 Å². The van der Waals surface area contributed by atoms with Crippen molar-refractivity contribution in [3.8, 4) is 0 Å². The zero-order valence-electron chi connectivity index (χ0n) is 15.5. The van der Waals surface area contributed by atoms with Crippen molar-refractivity contribution in [1.29, 1.82) is 0 Å². The van der Waals surface area contributed by atoms with E-state index in [4.69, 9.17) is 4.42 Å². The van der Waals surface area contributed by atoms with Crippen molar-refractivity contribution in [2.24, 2.45) is 0 Å². The first-order valence-corrected chi connectivity index (χ1v) is 8.79. The Kier molecular flexibility index (Phi) is 5.53. The van der Waals surface area contributed by atoms with Crippen molar-refractivity contribution in [3.05, 3.63) is 47.2 Å². The average Bonchev–Trinajstić information content (AvgIpc) is 3.21. The number of carbonyl (C=O) groups excluding carboxylic acids is 1. The molecular weight excluding hydrogens is 354 g/mol.